The Bertz CT molecular complexity index is 775. The lowest BCUT2D eigenvalue weighted by molar-refractivity contribution is 0.100. The molecule has 100 valence electrons. The number of oxazole rings is 1. The van der Waals surface area contributed by atoms with Crippen molar-refractivity contribution in [2.75, 3.05) is 7.11 Å². The molecule has 0 saturated heterocycles. The Kier molecular flexibility index (Phi) is 2.87. The molecule has 1 aromatic heterocycles. The quantitative estimate of drug-likeness (QED) is 0.792. The zero-order valence-electron chi connectivity index (χ0n) is 10.8. The highest BCUT2D eigenvalue weighted by Gasteiger charge is 2.14. The smallest absolute Gasteiger partial charge is 0.252 e. The number of methoxy groups -OCH3 is 1. The second kappa shape index (κ2) is 4.70. The van der Waals surface area contributed by atoms with E-state index in [9.17, 15) is 4.79 Å². The number of aromatic nitrogens is 1. The van der Waals surface area contributed by atoms with Crippen molar-refractivity contribution in [2.24, 2.45) is 5.73 Å². The Morgan fingerprint density at radius 1 is 1.20 bits per heavy atom. The maximum absolute atomic E-state index is 11.4. The van der Waals surface area contributed by atoms with Gasteiger partial charge >= 0.3 is 0 Å². The molecule has 0 aliphatic carbocycles. The summed E-state index contributed by atoms with van der Waals surface area (Å²) in [5.74, 6) is 0.659. The molecule has 0 radical (unpaired) electrons. The topological polar surface area (TPSA) is 78.4 Å². The monoisotopic (exact) mass is 268 g/mol. The van der Waals surface area contributed by atoms with Gasteiger partial charge in [0.1, 0.15) is 11.3 Å². The first-order valence-corrected chi connectivity index (χ1v) is 6.03. The summed E-state index contributed by atoms with van der Waals surface area (Å²) in [6, 6.07) is 12.4. The van der Waals surface area contributed by atoms with E-state index in [0.717, 1.165) is 11.3 Å². The number of para-hydroxylation sites is 1. The van der Waals surface area contributed by atoms with E-state index in [1.165, 1.54) is 0 Å². The Morgan fingerprint density at radius 2 is 1.95 bits per heavy atom. The van der Waals surface area contributed by atoms with Gasteiger partial charge in [0.25, 0.3) is 5.91 Å². The molecule has 5 nitrogen and oxygen atoms in total. The number of nitrogens with two attached hydrogens (primary N) is 1. The van der Waals surface area contributed by atoms with E-state index in [4.69, 9.17) is 14.9 Å². The summed E-state index contributed by atoms with van der Waals surface area (Å²) in [4.78, 5) is 15.7. The van der Waals surface area contributed by atoms with E-state index in [1.54, 1.807) is 25.3 Å². The van der Waals surface area contributed by atoms with Crippen molar-refractivity contribution in [3.8, 4) is 17.2 Å². The number of rotatable bonds is 3. The van der Waals surface area contributed by atoms with E-state index in [2.05, 4.69) is 4.98 Å². The van der Waals surface area contributed by atoms with Crippen LogP contribution in [0.15, 0.2) is 46.9 Å². The van der Waals surface area contributed by atoms with Crippen LogP contribution in [-0.2, 0) is 0 Å². The zero-order chi connectivity index (χ0) is 14.1. The molecule has 0 saturated carbocycles. The lowest BCUT2D eigenvalue weighted by Gasteiger charge is -1.99. The van der Waals surface area contributed by atoms with Crippen LogP contribution in [0.1, 0.15) is 10.4 Å². The third kappa shape index (κ3) is 1.99. The van der Waals surface area contributed by atoms with Gasteiger partial charge in [0.05, 0.1) is 12.7 Å². The Balaban J connectivity index is 2.12. The fraction of sp³-hybridized carbons (Fsp3) is 0.0667. The average molecular weight is 268 g/mol. The number of hydrogen-bond donors (Lipinski definition) is 1. The lowest BCUT2D eigenvalue weighted by atomic mass is 10.2. The number of hydrogen-bond acceptors (Lipinski definition) is 4. The van der Waals surface area contributed by atoms with Gasteiger partial charge in [0, 0.05) is 5.56 Å². The summed E-state index contributed by atoms with van der Waals surface area (Å²) >= 11 is 0. The predicted molar refractivity (Wildman–Crippen MR) is 74.5 cm³/mol. The van der Waals surface area contributed by atoms with Gasteiger partial charge < -0.3 is 14.9 Å². The first-order chi connectivity index (χ1) is 9.69. The van der Waals surface area contributed by atoms with Crippen LogP contribution in [0.4, 0.5) is 0 Å². The number of carbonyl (C=O) groups excluding carboxylic acids is 1. The van der Waals surface area contributed by atoms with Gasteiger partial charge in [-0.1, -0.05) is 6.07 Å². The third-order valence-corrected chi connectivity index (χ3v) is 3.02. The van der Waals surface area contributed by atoms with Crippen LogP contribution >= 0.6 is 0 Å². The molecule has 1 amide bonds. The van der Waals surface area contributed by atoms with Crippen LogP contribution in [0, 0.1) is 0 Å². The molecule has 0 atom stereocenters. The first-order valence-electron chi connectivity index (χ1n) is 6.03. The van der Waals surface area contributed by atoms with Gasteiger partial charge in [-0.2, -0.15) is 0 Å². The van der Waals surface area contributed by atoms with E-state index in [-0.39, 0.29) is 0 Å². The maximum atomic E-state index is 11.4. The number of nitrogens with zero attached hydrogens (tertiary/aromatic N) is 1. The second-order valence-corrected chi connectivity index (χ2v) is 4.27. The molecule has 5 heteroatoms. The summed E-state index contributed by atoms with van der Waals surface area (Å²) < 4.78 is 10.8. The van der Waals surface area contributed by atoms with Crippen molar-refractivity contribution < 1.29 is 13.9 Å². The van der Waals surface area contributed by atoms with Crippen LogP contribution in [0.2, 0.25) is 0 Å². The number of ether oxygens (including phenoxy) is 1. The minimum Gasteiger partial charge on any atom is -0.497 e. The third-order valence-electron chi connectivity index (χ3n) is 3.02. The van der Waals surface area contributed by atoms with Crippen molar-refractivity contribution in [3.63, 3.8) is 0 Å². The fourth-order valence-electron chi connectivity index (χ4n) is 2.00. The minimum absolute atomic E-state index is 0.328. The molecule has 3 aromatic rings. The normalized spacial score (nSPS) is 10.7. The number of carbonyl (C=O) groups is 1. The lowest BCUT2D eigenvalue weighted by Crippen LogP contribution is -2.10. The maximum Gasteiger partial charge on any atom is 0.252 e. The molecule has 1 heterocycles. The fourth-order valence-corrected chi connectivity index (χ4v) is 2.00. The SMILES string of the molecule is COc1ccc(-c2nc3cccc(C(N)=O)c3o2)cc1. The molecule has 0 bridgehead atoms. The summed E-state index contributed by atoms with van der Waals surface area (Å²) in [7, 11) is 1.60. The average Bonchev–Trinajstić information content (AvgIpc) is 2.90. The molecule has 2 aromatic carbocycles. The second-order valence-electron chi connectivity index (χ2n) is 4.27. The number of primary amides is 1. The van der Waals surface area contributed by atoms with Gasteiger partial charge in [0.2, 0.25) is 5.89 Å². The van der Waals surface area contributed by atoms with Gasteiger partial charge in [-0.05, 0) is 36.4 Å². The summed E-state index contributed by atoms with van der Waals surface area (Å²) in [5, 5.41) is 0. The molecule has 20 heavy (non-hydrogen) atoms. The predicted octanol–water partition coefficient (Wildman–Crippen LogP) is 2.60. The van der Waals surface area contributed by atoms with E-state index < -0.39 is 5.91 Å². The number of amides is 1. The minimum atomic E-state index is -0.534. The molecular formula is C15H12N2O3. The molecular weight excluding hydrogens is 256 g/mol. The van der Waals surface area contributed by atoms with Gasteiger partial charge in [-0.25, -0.2) is 4.98 Å². The Morgan fingerprint density at radius 3 is 2.60 bits per heavy atom. The van der Waals surface area contributed by atoms with Crippen LogP contribution < -0.4 is 10.5 Å². The highest BCUT2D eigenvalue weighted by atomic mass is 16.5. The van der Waals surface area contributed by atoms with Crippen LogP contribution in [0.5, 0.6) is 5.75 Å². The molecule has 3 rings (SSSR count). The molecule has 0 unspecified atom stereocenters. The number of benzene rings is 2. The summed E-state index contributed by atoms with van der Waals surface area (Å²) in [6.45, 7) is 0. The summed E-state index contributed by atoms with van der Waals surface area (Å²) in [5.41, 5.74) is 7.47. The van der Waals surface area contributed by atoms with Crippen LogP contribution in [-0.4, -0.2) is 18.0 Å². The van der Waals surface area contributed by atoms with E-state index in [1.807, 2.05) is 24.3 Å². The molecule has 0 spiro atoms. The zero-order valence-corrected chi connectivity index (χ0v) is 10.8. The highest BCUT2D eigenvalue weighted by molar-refractivity contribution is 6.03. The van der Waals surface area contributed by atoms with Crippen molar-refractivity contribution in [1.29, 1.82) is 0 Å². The number of fused-ring (bicyclic) bond motifs is 1. The highest BCUT2D eigenvalue weighted by Crippen LogP contribution is 2.27. The van der Waals surface area contributed by atoms with E-state index in [0.29, 0.717) is 22.6 Å². The van der Waals surface area contributed by atoms with Crippen molar-refractivity contribution in [1.82, 2.24) is 4.98 Å². The largest absolute Gasteiger partial charge is 0.497 e. The van der Waals surface area contributed by atoms with Gasteiger partial charge in [-0.15, -0.1) is 0 Å². The Hall–Kier alpha value is -2.82. The van der Waals surface area contributed by atoms with Crippen molar-refractivity contribution in [3.05, 3.63) is 48.0 Å². The van der Waals surface area contributed by atoms with E-state index >= 15 is 0 Å². The summed E-state index contributed by atoms with van der Waals surface area (Å²) in [6.07, 6.45) is 0. The molecule has 0 aliphatic heterocycles. The van der Waals surface area contributed by atoms with Gasteiger partial charge in [0.15, 0.2) is 5.58 Å². The standard InChI is InChI=1S/C15H12N2O3/c1-19-10-7-5-9(6-8-10)15-17-12-4-2-3-11(14(16)18)13(12)20-15/h2-8H,1H3,(H2,16,18). The molecule has 0 aliphatic rings. The Labute approximate surface area is 115 Å². The first kappa shape index (κ1) is 12.2. The van der Waals surface area contributed by atoms with Crippen molar-refractivity contribution in [2.45, 2.75) is 0 Å². The van der Waals surface area contributed by atoms with Crippen molar-refractivity contribution >= 4 is 17.0 Å². The molecule has 0 fully saturated rings. The van der Waals surface area contributed by atoms with Gasteiger partial charge in [-0.3, -0.25) is 4.79 Å². The molecule has 2 N–H and O–H groups in total. The van der Waals surface area contributed by atoms with Crippen LogP contribution in [0.25, 0.3) is 22.6 Å². The van der Waals surface area contributed by atoms with Crippen LogP contribution in [0.3, 0.4) is 0 Å².